The highest BCUT2D eigenvalue weighted by Gasteiger charge is 2.32. The van der Waals surface area contributed by atoms with E-state index in [1.54, 1.807) is 48.1 Å². The molecule has 1 aliphatic rings. The molecule has 4 aromatic rings. The fourth-order valence-corrected chi connectivity index (χ4v) is 4.39. The molecule has 2 aromatic carbocycles. The van der Waals surface area contributed by atoms with Crippen molar-refractivity contribution in [2.45, 2.75) is 19.8 Å². The third-order valence-corrected chi connectivity index (χ3v) is 6.07. The van der Waals surface area contributed by atoms with E-state index in [0.717, 1.165) is 16.5 Å². The number of nitrogens with one attached hydrogen (secondary N) is 1. The molecule has 0 bridgehead atoms. The van der Waals surface area contributed by atoms with Crippen LogP contribution in [0.25, 0.3) is 22.0 Å². The molecule has 7 nitrogen and oxygen atoms in total. The van der Waals surface area contributed by atoms with Crippen LogP contribution in [0.4, 0.5) is 5.69 Å². The topological polar surface area (TPSA) is 84.4 Å². The summed E-state index contributed by atoms with van der Waals surface area (Å²) in [5.74, 6) is 0.661. The Morgan fingerprint density at radius 3 is 2.36 bits per heavy atom. The van der Waals surface area contributed by atoms with Gasteiger partial charge < -0.3 is 14.3 Å². The van der Waals surface area contributed by atoms with Crippen molar-refractivity contribution in [3.63, 3.8) is 0 Å². The summed E-state index contributed by atoms with van der Waals surface area (Å²) in [5.41, 5.74) is 2.96. The largest absolute Gasteiger partial charge is 0.457 e. The molecule has 1 fully saturated rings. The lowest BCUT2D eigenvalue weighted by Gasteiger charge is -2.20. The van der Waals surface area contributed by atoms with E-state index in [1.807, 2.05) is 25.3 Å². The minimum Gasteiger partial charge on any atom is -0.457 e. The summed E-state index contributed by atoms with van der Waals surface area (Å²) in [6, 6.07) is 12.4. The van der Waals surface area contributed by atoms with E-state index in [4.69, 9.17) is 16.3 Å². The van der Waals surface area contributed by atoms with Crippen LogP contribution in [-0.4, -0.2) is 21.4 Å². The smallest absolute Gasteiger partial charge is 0.272 e. The molecule has 2 amide bonds. The maximum atomic E-state index is 12.5. The fraction of sp³-hybridized carbons (Fsp3) is 0.160. The lowest BCUT2D eigenvalue weighted by Crippen LogP contribution is -2.29. The molecule has 3 heterocycles. The predicted octanol–water partition coefficient (Wildman–Crippen LogP) is 4.94. The Morgan fingerprint density at radius 1 is 0.970 bits per heavy atom. The van der Waals surface area contributed by atoms with Crippen molar-refractivity contribution in [1.29, 1.82) is 0 Å². The zero-order valence-electron chi connectivity index (χ0n) is 18.0. The van der Waals surface area contributed by atoms with Gasteiger partial charge in [0.2, 0.25) is 11.8 Å². The van der Waals surface area contributed by atoms with E-state index in [-0.39, 0.29) is 30.2 Å². The van der Waals surface area contributed by atoms with Crippen LogP contribution in [0.5, 0.6) is 11.5 Å². The van der Waals surface area contributed by atoms with Crippen molar-refractivity contribution in [2.24, 2.45) is 7.05 Å². The first-order valence-corrected chi connectivity index (χ1v) is 10.8. The third-order valence-electron chi connectivity index (χ3n) is 5.82. The average Bonchev–Trinajstić information content (AvgIpc) is 3.30. The minimum absolute atomic E-state index is 0.195. The number of amides is 2. The number of fused-ring (bicyclic) bond motifs is 1. The number of carbonyl (C=O) groups excluding carboxylic acids is 2. The Labute approximate surface area is 194 Å². The lowest BCUT2D eigenvalue weighted by molar-refractivity contribution is -0.121. The molecule has 0 radical (unpaired) electrons. The molecule has 33 heavy (non-hydrogen) atoms. The zero-order valence-corrected chi connectivity index (χ0v) is 18.8. The van der Waals surface area contributed by atoms with Crippen LogP contribution in [0.2, 0.25) is 5.02 Å². The molecule has 166 valence electrons. The third kappa shape index (κ3) is 3.60. The van der Waals surface area contributed by atoms with Crippen LogP contribution in [-0.2, 0) is 16.6 Å². The van der Waals surface area contributed by atoms with Gasteiger partial charge in [-0.25, -0.2) is 0 Å². The molecule has 1 aliphatic heterocycles. The highest BCUT2D eigenvalue weighted by molar-refractivity contribution is 6.30. The van der Waals surface area contributed by atoms with Gasteiger partial charge >= 0.3 is 0 Å². The normalized spacial score (nSPS) is 13.8. The van der Waals surface area contributed by atoms with Gasteiger partial charge in [0, 0.05) is 53.8 Å². The minimum atomic E-state index is -0.227. The van der Waals surface area contributed by atoms with Crippen LogP contribution in [0.15, 0.2) is 59.7 Å². The molecule has 0 saturated carbocycles. The molecule has 0 atom stereocenters. The van der Waals surface area contributed by atoms with Crippen molar-refractivity contribution in [3.05, 3.63) is 75.8 Å². The summed E-state index contributed by atoms with van der Waals surface area (Å²) in [6.07, 6.45) is 3.83. The number of imide groups is 1. The number of anilines is 1. The molecule has 0 aliphatic carbocycles. The SMILES string of the molecule is Cc1cc(Oc2ccc(Cl)cc2)c(-c2cn(C)c3c(=O)[nH]ccc23)cc1N1C(=O)CCC1=O. The van der Waals surface area contributed by atoms with Gasteiger partial charge in [0.25, 0.3) is 5.56 Å². The summed E-state index contributed by atoms with van der Waals surface area (Å²) in [6.45, 7) is 1.83. The van der Waals surface area contributed by atoms with E-state index >= 15 is 0 Å². The van der Waals surface area contributed by atoms with Gasteiger partial charge in [-0.2, -0.15) is 0 Å². The van der Waals surface area contributed by atoms with Crippen molar-refractivity contribution in [3.8, 4) is 22.6 Å². The van der Waals surface area contributed by atoms with E-state index in [9.17, 15) is 14.4 Å². The Morgan fingerprint density at radius 2 is 1.67 bits per heavy atom. The standard InChI is InChI=1S/C25H20ClN3O4/c1-14-11-21(33-16-5-3-15(26)4-6-16)18(12-20(14)29-22(30)7-8-23(29)31)19-13-28(2)24-17(19)9-10-27-25(24)32/h3-6,9-13H,7-8H2,1-2H3,(H,27,32). The van der Waals surface area contributed by atoms with Gasteiger partial charge in [-0.3, -0.25) is 19.3 Å². The van der Waals surface area contributed by atoms with Gasteiger partial charge in [0.1, 0.15) is 17.0 Å². The van der Waals surface area contributed by atoms with Crippen LogP contribution >= 0.6 is 11.6 Å². The number of carbonyl (C=O) groups is 2. The number of ether oxygens (including phenoxy) is 1. The summed E-state index contributed by atoms with van der Waals surface area (Å²) in [4.78, 5) is 41.3. The maximum Gasteiger partial charge on any atom is 0.272 e. The molecule has 0 unspecified atom stereocenters. The molecule has 5 rings (SSSR count). The van der Waals surface area contributed by atoms with Gasteiger partial charge in [-0.1, -0.05) is 11.6 Å². The molecular formula is C25H20ClN3O4. The summed E-state index contributed by atoms with van der Waals surface area (Å²) in [7, 11) is 1.80. The monoisotopic (exact) mass is 461 g/mol. The summed E-state index contributed by atoms with van der Waals surface area (Å²) in [5, 5.41) is 1.32. The number of halogens is 1. The quantitative estimate of drug-likeness (QED) is 0.436. The highest BCUT2D eigenvalue weighted by atomic mass is 35.5. The average molecular weight is 462 g/mol. The number of hydrogen-bond acceptors (Lipinski definition) is 4. The van der Waals surface area contributed by atoms with Crippen molar-refractivity contribution in [2.75, 3.05) is 4.90 Å². The number of aromatic amines is 1. The van der Waals surface area contributed by atoms with E-state index in [1.165, 1.54) is 4.90 Å². The molecule has 1 N–H and O–H groups in total. The first kappa shape index (κ1) is 21.0. The highest BCUT2D eigenvalue weighted by Crippen LogP contribution is 2.42. The fourth-order valence-electron chi connectivity index (χ4n) is 4.26. The number of nitrogens with zero attached hydrogens (tertiary/aromatic N) is 2. The van der Waals surface area contributed by atoms with Crippen molar-refractivity contribution >= 4 is 40.0 Å². The molecule has 8 heteroatoms. The maximum absolute atomic E-state index is 12.5. The number of aromatic nitrogens is 2. The number of H-pyrrole nitrogens is 1. The van der Waals surface area contributed by atoms with Crippen LogP contribution in [0, 0.1) is 6.92 Å². The van der Waals surface area contributed by atoms with Crippen LogP contribution in [0.3, 0.4) is 0 Å². The Balaban J connectivity index is 1.75. The van der Waals surface area contributed by atoms with Crippen LogP contribution < -0.4 is 15.2 Å². The Kier molecular flexibility index (Phi) is 5.06. The Bertz CT molecular complexity index is 1470. The first-order chi connectivity index (χ1) is 15.8. The van der Waals surface area contributed by atoms with E-state index in [0.29, 0.717) is 33.3 Å². The molecule has 1 saturated heterocycles. The molecular weight excluding hydrogens is 442 g/mol. The number of aryl methyl sites for hydroxylation is 2. The van der Waals surface area contributed by atoms with Gasteiger partial charge in [0.05, 0.1) is 5.69 Å². The number of hydrogen-bond donors (Lipinski definition) is 1. The second kappa shape index (κ2) is 7.94. The van der Waals surface area contributed by atoms with Crippen LogP contribution in [0.1, 0.15) is 18.4 Å². The van der Waals surface area contributed by atoms with Gasteiger partial charge in [-0.15, -0.1) is 0 Å². The second-order valence-electron chi connectivity index (χ2n) is 8.04. The molecule has 0 spiro atoms. The first-order valence-electron chi connectivity index (χ1n) is 10.4. The number of rotatable bonds is 4. The zero-order chi connectivity index (χ0) is 23.3. The van der Waals surface area contributed by atoms with E-state index in [2.05, 4.69) is 4.98 Å². The summed E-state index contributed by atoms with van der Waals surface area (Å²) >= 11 is 6.01. The summed E-state index contributed by atoms with van der Waals surface area (Å²) < 4.78 is 7.97. The number of benzene rings is 2. The van der Waals surface area contributed by atoms with Gasteiger partial charge in [0.15, 0.2) is 0 Å². The van der Waals surface area contributed by atoms with Gasteiger partial charge in [-0.05, 0) is 55.0 Å². The Hall–Kier alpha value is -3.84. The molecule has 2 aromatic heterocycles. The lowest BCUT2D eigenvalue weighted by atomic mass is 10.0. The van der Waals surface area contributed by atoms with Crippen molar-refractivity contribution < 1.29 is 14.3 Å². The second-order valence-corrected chi connectivity index (χ2v) is 8.47. The van der Waals surface area contributed by atoms with Crippen molar-refractivity contribution in [1.82, 2.24) is 9.55 Å². The predicted molar refractivity (Wildman–Crippen MR) is 127 cm³/mol. The van der Waals surface area contributed by atoms with E-state index < -0.39 is 0 Å². The number of pyridine rings is 1.